The molecule has 0 fully saturated rings. The maximum absolute atomic E-state index is 13.8. The third kappa shape index (κ3) is 2.79. The van der Waals surface area contributed by atoms with Gasteiger partial charge in [0.25, 0.3) is 0 Å². The minimum atomic E-state index is -0.267. The van der Waals surface area contributed by atoms with E-state index in [1.165, 1.54) is 6.07 Å². The number of nitrogens with two attached hydrogens (primary N) is 1. The van der Waals surface area contributed by atoms with Crippen LogP contribution in [-0.4, -0.2) is 23.1 Å². The van der Waals surface area contributed by atoms with E-state index in [9.17, 15) is 4.39 Å². The van der Waals surface area contributed by atoms with E-state index in [1.807, 2.05) is 36.4 Å². The van der Waals surface area contributed by atoms with E-state index in [4.69, 9.17) is 10.5 Å². The SMILES string of the molecule is NCCOc1nccnc1C=C1c2ccccc2-c2ccc(F)cc21. The lowest BCUT2D eigenvalue weighted by atomic mass is 10.0. The summed E-state index contributed by atoms with van der Waals surface area (Å²) in [5.74, 6) is 0.152. The Morgan fingerprint density at radius 1 is 0.960 bits per heavy atom. The van der Waals surface area contributed by atoms with Gasteiger partial charge in [-0.3, -0.25) is 0 Å². The summed E-state index contributed by atoms with van der Waals surface area (Å²) < 4.78 is 19.4. The molecule has 0 atom stereocenters. The van der Waals surface area contributed by atoms with Crippen LogP contribution in [0.4, 0.5) is 4.39 Å². The van der Waals surface area contributed by atoms with Gasteiger partial charge >= 0.3 is 0 Å². The Labute approximate surface area is 144 Å². The highest BCUT2D eigenvalue weighted by atomic mass is 19.1. The molecule has 0 saturated heterocycles. The van der Waals surface area contributed by atoms with Crippen molar-refractivity contribution >= 4 is 11.6 Å². The normalized spacial score (nSPS) is 13.6. The van der Waals surface area contributed by atoms with E-state index in [1.54, 1.807) is 18.5 Å². The molecule has 0 saturated carbocycles. The number of aromatic nitrogens is 2. The van der Waals surface area contributed by atoms with Gasteiger partial charge in [0.2, 0.25) is 5.88 Å². The van der Waals surface area contributed by atoms with Crippen LogP contribution in [0.2, 0.25) is 0 Å². The Kier molecular flexibility index (Phi) is 3.99. The van der Waals surface area contributed by atoms with Crippen molar-refractivity contribution in [2.24, 2.45) is 5.73 Å². The highest BCUT2D eigenvalue weighted by Gasteiger charge is 2.24. The minimum Gasteiger partial charge on any atom is -0.475 e. The summed E-state index contributed by atoms with van der Waals surface area (Å²) in [5, 5.41) is 0. The minimum absolute atomic E-state index is 0.267. The molecule has 124 valence electrons. The number of ether oxygens (including phenoxy) is 1. The standard InChI is InChI=1S/C20H16FN3O/c21-13-5-6-16-14-3-1-2-4-15(14)18(17(16)11-13)12-19-20(25-10-7-22)24-9-8-23-19/h1-6,8-9,11-12H,7,10,22H2. The Hall–Kier alpha value is -3.05. The monoisotopic (exact) mass is 333 g/mol. The van der Waals surface area contributed by atoms with Crippen molar-refractivity contribution in [1.82, 2.24) is 9.97 Å². The second-order valence-electron chi connectivity index (χ2n) is 5.68. The number of halogens is 1. The fourth-order valence-electron chi connectivity index (χ4n) is 3.07. The van der Waals surface area contributed by atoms with Gasteiger partial charge in [0.15, 0.2) is 0 Å². The molecule has 2 aromatic carbocycles. The fourth-order valence-corrected chi connectivity index (χ4v) is 3.07. The van der Waals surface area contributed by atoms with Crippen molar-refractivity contribution in [3.63, 3.8) is 0 Å². The zero-order valence-corrected chi connectivity index (χ0v) is 13.4. The van der Waals surface area contributed by atoms with Crippen LogP contribution in [0, 0.1) is 5.82 Å². The van der Waals surface area contributed by atoms with Gasteiger partial charge in [-0.1, -0.05) is 30.3 Å². The molecule has 3 aromatic rings. The van der Waals surface area contributed by atoms with Crippen LogP contribution in [0.25, 0.3) is 22.8 Å². The second-order valence-corrected chi connectivity index (χ2v) is 5.68. The summed E-state index contributed by atoms with van der Waals surface area (Å²) in [7, 11) is 0. The summed E-state index contributed by atoms with van der Waals surface area (Å²) >= 11 is 0. The molecule has 0 radical (unpaired) electrons. The van der Waals surface area contributed by atoms with Crippen molar-refractivity contribution < 1.29 is 9.13 Å². The second kappa shape index (κ2) is 6.45. The molecule has 4 rings (SSSR count). The van der Waals surface area contributed by atoms with Crippen molar-refractivity contribution in [2.45, 2.75) is 0 Å². The Morgan fingerprint density at radius 3 is 2.56 bits per heavy atom. The number of hydrogen-bond donors (Lipinski definition) is 1. The van der Waals surface area contributed by atoms with Gasteiger partial charge in [-0.15, -0.1) is 0 Å². The van der Waals surface area contributed by atoms with Crippen LogP contribution in [0.3, 0.4) is 0 Å². The summed E-state index contributed by atoms with van der Waals surface area (Å²) in [6, 6.07) is 12.9. The predicted octanol–water partition coefficient (Wildman–Crippen LogP) is 3.52. The van der Waals surface area contributed by atoms with Crippen LogP contribution in [-0.2, 0) is 0 Å². The molecule has 1 aliphatic rings. The number of rotatable bonds is 4. The highest BCUT2D eigenvalue weighted by molar-refractivity contribution is 6.06. The van der Waals surface area contributed by atoms with E-state index in [2.05, 4.69) is 9.97 Å². The van der Waals surface area contributed by atoms with Gasteiger partial charge < -0.3 is 10.5 Å². The van der Waals surface area contributed by atoms with Crippen molar-refractivity contribution in [3.05, 3.63) is 77.5 Å². The van der Waals surface area contributed by atoms with Crippen molar-refractivity contribution in [3.8, 4) is 17.0 Å². The van der Waals surface area contributed by atoms with Crippen LogP contribution >= 0.6 is 0 Å². The third-order valence-electron chi connectivity index (χ3n) is 4.11. The fraction of sp³-hybridized carbons (Fsp3) is 0.100. The van der Waals surface area contributed by atoms with E-state index < -0.39 is 0 Å². The number of hydrogen-bond acceptors (Lipinski definition) is 4. The molecule has 2 N–H and O–H groups in total. The van der Waals surface area contributed by atoms with Gasteiger partial charge in [-0.05, 0) is 46.0 Å². The van der Waals surface area contributed by atoms with E-state index >= 15 is 0 Å². The summed E-state index contributed by atoms with van der Waals surface area (Å²) in [6.45, 7) is 0.750. The van der Waals surface area contributed by atoms with E-state index in [0.717, 1.165) is 27.8 Å². The third-order valence-corrected chi connectivity index (χ3v) is 4.11. The van der Waals surface area contributed by atoms with Crippen LogP contribution in [0.5, 0.6) is 5.88 Å². The van der Waals surface area contributed by atoms with Crippen molar-refractivity contribution in [1.29, 1.82) is 0 Å². The van der Waals surface area contributed by atoms with E-state index in [-0.39, 0.29) is 5.82 Å². The molecule has 1 aliphatic carbocycles. The van der Waals surface area contributed by atoms with Crippen LogP contribution < -0.4 is 10.5 Å². The average Bonchev–Trinajstić information content (AvgIpc) is 2.94. The van der Waals surface area contributed by atoms with Gasteiger partial charge in [-0.25, -0.2) is 14.4 Å². The van der Waals surface area contributed by atoms with E-state index in [0.29, 0.717) is 24.7 Å². The smallest absolute Gasteiger partial charge is 0.240 e. The van der Waals surface area contributed by atoms with Gasteiger partial charge in [-0.2, -0.15) is 0 Å². The first-order chi connectivity index (χ1) is 12.3. The summed E-state index contributed by atoms with van der Waals surface area (Å²) in [4.78, 5) is 8.59. The Balaban J connectivity index is 1.89. The average molecular weight is 333 g/mol. The maximum Gasteiger partial charge on any atom is 0.240 e. The molecule has 0 spiro atoms. The van der Waals surface area contributed by atoms with Crippen LogP contribution in [0.15, 0.2) is 54.9 Å². The maximum atomic E-state index is 13.8. The number of nitrogens with zero attached hydrogens (tertiary/aromatic N) is 2. The lowest BCUT2D eigenvalue weighted by molar-refractivity contribution is 0.313. The zero-order valence-electron chi connectivity index (χ0n) is 13.4. The molecule has 5 heteroatoms. The molecule has 0 bridgehead atoms. The summed E-state index contributed by atoms with van der Waals surface area (Å²) in [6.07, 6.45) is 5.07. The van der Waals surface area contributed by atoms with Gasteiger partial charge in [0.05, 0.1) is 0 Å². The predicted molar refractivity (Wildman–Crippen MR) is 95.4 cm³/mol. The Morgan fingerprint density at radius 2 is 1.72 bits per heavy atom. The topological polar surface area (TPSA) is 61.0 Å². The molecule has 0 unspecified atom stereocenters. The first-order valence-electron chi connectivity index (χ1n) is 8.03. The van der Waals surface area contributed by atoms with Crippen molar-refractivity contribution in [2.75, 3.05) is 13.2 Å². The molecule has 25 heavy (non-hydrogen) atoms. The first-order valence-corrected chi connectivity index (χ1v) is 8.03. The lowest BCUT2D eigenvalue weighted by Gasteiger charge is -2.07. The largest absolute Gasteiger partial charge is 0.475 e. The molecule has 0 aliphatic heterocycles. The zero-order chi connectivity index (χ0) is 17.2. The molecule has 1 aromatic heterocycles. The summed E-state index contributed by atoms with van der Waals surface area (Å²) in [5.41, 5.74) is 11.0. The number of benzene rings is 2. The van der Waals surface area contributed by atoms with Gasteiger partial charge in [0, 0.05) is 18.9 Å². The molecule has 1 heterocycles. The lowest BCUT2D eigenvalue weighted by Crippen LogP contribution is -2.12. The van der Waals surface area contributed by atoms with Crippen LogP contribution in [0.1, 0.15) is 16.8 Å². The molecular weight excluding hydrogens is 317 g/mol. The van der Waals surface area contributed by atoms with Gasteiger partial charge in [0.1, 0.15) is 18.1 Å². The molecule has 0 amide bonds. The molecular formula is C20H16FN3O. The molecule has 4 nitrogen and oxygen atoms in total. The number of fused-ring (bicyclic) bond motifs is 3. The quantitative estimate of drug-likeness (QED) is 0.621. The Bertz CT molecular complexity index is 969. The highest BCUT2D eigenvalue weighted by Crippen LogP contribution is 2.45. The first kappa shape index (κ1) is 15.5.